The van der Waals surface area contributed by atoms with Gasteiger partial charge < -0.3 is 9.30 Å². The van der Waals surface area contributed by atoms with Gasteiger partial charge in [0.2, 0.25) is 10.0 Å². The molecule has 0 radical (unpaired) electrons. The van der Waals surface area contributed by atoms with Crippen molar-refractivity contribution in [2.24, 2.45) is 4.99 Å². The molecule has 38 heavy (non-hydrogen) atoms. The topological polar surface area (TPSA) is 98.0 Å². The van der Waals surface area contributed by atoms with Crippen molar-refractivity contribution < 1.29 is 22.7 Å². The molecule has 0 N–H and O–H groups in total. The van der Waals surface area contributed by atoms with Crippen LogP contribution < -0.4 is 4.80 Å². The Morgan fingerprint density at radius 2 is 1.76 bits per heavy atom. The van der Waals surface area contributed by atoms with Crippen LogP contribution in [-0.4, -0.2) is 42.8 Å². The van der Waals surface area contributed by atoms with E-state index in [2.05, 4.69) is 4.99 Å². The van der Waals surface area contributed by atoms with Crippen LogP contribution >= 0.6 is 22.9 Å². The van der Waals surface area contributed by atoms with Crippen molar-refractivity contribution >= 4 is 55.1 Å². The third kappa shape index (κ3) is 4.92. The number of esters is 1. The number of hydrogen-bond donors (Lipinski definition) is 0. The predicted molar refractivity (Wildman–Crippen MR) is 146 cm³/mol. The first kappa shape index (κ1) is 26.3. The number of fused-ring (bicyclic) bond motifs is 2. The monoisotopic (exact) mass is 569 g/mol. The van der Waals surface area contributed by atoms with E-state index in [9.17, 15) is 18.0 Å². The Morgan fingerprint density at radius 3 is 2.47 bits per heavy atom. The van der Waals surface area contributed by atoms with Crippen LogP contribution in [0.1, 0.15) is 27.0 Å². The summed E-state index contributed by atoms with van der Waals surface area (Å²) in [7, 11) is -2.44. The number of halogens is 1. The van der Waals surface area contributed by atoms with Gasteiger partial charge >= 0.3 is 5.97 Å². The number of amides is 1. The smallest absolute Gasteiger partial charge is 0.325 e. The summed E-state index contributed by atoms with van der Waals surface area (Å²) < 4.78 is 35.2. The average Bonchev–Trinajstić information content (AvgIpc) is 3.27. The summed E-state index contributed by atoms with van der Waals surface area (Å²) in [5.74, 6) is -1.05. The molecule has 0 saturated carbocycles. The van der Waals surface area contributed by atoms with Gasteiger partial charge in [-0.25, -0.2) is 8.42 Å². The van der Waals surface area contributed by atoms with E-state index in [0.717, 1.165) is 21.4 Å². The number of carbonyl (C=O) groups excluding carboxylic acids is 2. The number of benzene rings is 3. The quantitative estimate of drug-likeness (QED) is 0.333. The molecule has 1 aromatic heterocycles. The summed E-state index contributed by atoms with van der Waals surface area (Å²) in [6, 6.07) is 17.1. The van der Waals surface area contributed by atoms with Crippen molar-refractivity contribution in [2.45, 2.75) is 31.3 Å². The highest BCUT2D eigenvalue weighted by Gasteiger charge is 2.28. The van der Waals surface area contributed by atoms with Gasteiger partial charge in [0.05, 0.1) is 22.2 Å². The Kier molecular flexibility index (Phi) is 7.23. The van der Waals surface area contributed by atoms with Crippen LogP contribution in [0, 0.1) is 6.92 Å². The number of aromatic nitrogens is 1. The lowest BCUT2D eigenvalue weighted by atomic mass is 10.0. The minimum absolute atomic E-state index is 0.112. The van der Waals surface area contributed by atoms with E-state index in [1.807, 2.05) is 37.3 Å². The van der Waals surface area contributed by atoms with Crippen molar-refractivity contribution in [2.75, 3.05) is 13.7 Å². The number of methoxy groups -OCH3 is 1. The lowest BCUT2D eigenvalue weighted by molar-refractivity contribution is -0.141. The molecule has 0 aliphatic carbocycles. The molecule has 0 atom stereocenters. The number of hydrogen-bond acceptors (Lipinski definition) is 6. The molecule has 0 bridgehead atoms. The molecule has 1 aliphatic heterocycles. The maximum Gasteiger partial charge on any atom is 0.325 e. The van der Waals surface area contributed by atoms with Gasteiger partial charge in [0.15, 0.2) is 4.80 Å². The Balaban J connectivity index is 1.45. The molecule has 8 nitrogen and oxygen atoms in total. The Labute approximate surface area is 228 Å². The zero-order valence-corrected chi connectivity index (χ0v) is 23.1. The zero-order valence-electron chi connectivity index (χ0n) is 20.7. The lowest BCUT2D eigenvalue weighted by Crippen LogP contribution is -2.35. The van der Waals surface area contributed by atoms with E-state index in [1.54, 1.807) is 10.6 Å². The van der Waals surface area contributed by atoms with Crippen molar-refractivity contribution in [1.82, 2.24) is 8.87 Å². The van der Waals surface area contributed by atoms with Crippen LogP contribution in [0.3, 0.4) is 0 Å². The minimum Gasteiger partial charge on any atom is -0.468 e. The van der Waals surface area contributed by atoms with Gasteiger partial charge in [-0.1, -0.05) is 47.2 Å². The Hall–Kier alpha value is -3.31. The second-order valence-electron chi connectivity index (χ2n) is 8.86. The highest BCUT2D eigenvalue weighted by atomic mass is 35.5. The molecule has 1 amide bonds. The normalized spacial score (nSPS) is 14.4. The van der Waals surface area contributed by atoms with Crippen LogP contribution in [0.15, 0.2) is 70.6 Å². The van der Waals surface area contributed by atoms with Gasteiger partial charge in [-0.15, -0.1) is 0 Å². The van der Waals surface area contributed by atoms with E-state index >= 15 is 0 Å². The van der Waals surface area contributed by atoms with Gasteiger partial charge in [0.1, 0.15) is 6.54 Å². The largest absolute Gasteiger partial charge is 0.468 e. The molecule has 0 fully saturated rings. The molecule has 11 heteroatoms. The molecule has 3 aromatic carbocycles. The molecule has 0 spiro atoms. The minimum atomic E-state index is -3.73. The molecule has 0 unspecified atom stereocenters. The van der Waals surface area contributed by atoms with Gasteiger partial charge in [-0.2, -0.15) is 9.30 Å². The summed E-state index contributed by atoms with van der Waals surface area (Å²) in [6.07, 6.45) is 0.649. The van der Waals surface area contributed by atoms with E-state index < -0.39 is 21.9 Å². The van der Waals surface area contributed by atoms with E-state index in [0.29, 0.717) is 34.9 Å². The number of rotatable bonds is 5. The summed E-state index contributed by atoms with van der Waals surface area (Å²) in [6.45, 7) is 2.39. The number of ether oxygens (including phenoxy) is 1. The van der Waals surface area contributed by atoms with Crippen LogP contribution in [0.5, 0.6) is 0 Å². The fraction of sp³-hybridized carbons (Fsp3) is 0.222. The van der Waals surface area contributed by atoms with Gasteiger partial charge in [0.25, 0.3) is 5.91 Å². The fourth-order valence-electron chi connectivity index (χ4n) is 4.49. The van der Waals surface area contributed by atoms with E-state index in [4.69, 9.17) is 16.3 Å². The SMILES string of the molecule is COC(=O)Cn1c(=NC(=O)c2ccc(S(=O)(=O)N3CCc4ccccc4C3)cc2)sc2ccc(Cl)c(C)c21. The second-order valence-corrected chi connectivity index (χ2v) is 12.2. The fourth-order valence-corrected chi connectivity index (χ4v) is 7.14. The third-order valence-corrected chi connectivity index (χ3v) is 9.89. The molecule has 5 rings (SSSR count). The van der Waals surface area contributed by atoms with Crippen LogP contribution in [0.4, 0.5) is 0 Å². The van der Waals surface area contributed by atoms with Crippen LogP contribution in [-0.2, 0) is 39.1 Å². The first-order chi connectivity index (χ1) is 18.2. The number of thiazole rings is 1. The molecule has 0 saturated heterocycles. The number of aryl methyl sites for hydroxylation is 1. The first-order valence-electron chi connectivity index (χ1n) is 11.8. The van der Waals surface area contributed by atoms with E-state index in [1.165, 1.54) is 47.0 Å². The summed E-state index contributed by atoms with van der Waals surface area (Å²) in [5, 5.41) is 0.529. The van der Waals surface area contributed by atoms with Crippen LogP contribution in [0.25, 0.3) is 10.2 Å². The number of carbonyl (C=O) groups is 2. The molecular weight excluding hydrogens is 546 g/mol. The van der Waals surface area contributed by atoms with Crippen LogP contribution in [0.2, 0.25) is 5.02 Å². The maximum absolute atomic E-state index is 13.3. The summed E-state index contributed by atoms with van der Waals surface area (Å²) >= 11 is 7.55. The molecule has 1 aliphatic rings. The molecule has 196 valence electrons. The summed E-state index contributed by atoms with van der Waals surface area (Å²) in [5.41, 5.74) is 3.83. The molecular formula is C27H24ClN3O5S2. The molecule has 4 aromatic rings. The first-order valence-corrected chi connectivity index (χ1v) is 14.4. The standard InChI is InChI=1S/C27H24ClN3O5S2/c1-17-22(28)11-12-23-25(17)31(16-24(32)36-2)27(37-23)29-26(33)19-7-9-21(10-8-19)38(34,35)30-14-13-18-5-3-4-6-20(18)15-30/h3-12H,13-16H2,1-2H3. The Morgan fingerprint density at radius 1 is 1.05 bits per heavy atom. The predicted octanol–water partition coefficient (Wildman–Crippen LogP) is 4.33. The maximum atomic E-state index is 13.3. The number of nitrogens with zero attached hydrogens (tertiary/aromatic N) is 3. The highest BCUT2D eigenvalue weighted by Crippen LogP contribution is 2.28. The molecule has 2 heterocycles. The van der Waals surface area contributed by atoms with Crippen molar-refractivity contribution in [3.63, 3.8) is 0 Å². The van der Waals surface area contributed by atoms with Crippen molar-refractivity contribution in [3.8, 4) is 0 Å². The second kappa shape index (κ2) is 10.5. The van der Waals surface area contributed by atoms with Gasteiger partial charge in [0, 0.05) is 23.7 Å². The highest BCUT2D eigenvalue weighted by molar-refractivity contribution is 7.89. The lowest BCUT2D eigenvalue weighted by Gasteiger charge is -2.28. The Bertz CT molecular complexity index is 1740. The van der Waals surface area contributed by atoms with Crippen molar-refractivity contribution in [3.05, 3.63) is 92.7 Å². The summed E-state index contributed by atoms with van der Waals surface area (Å²) in [4.78, 5) is 29.9. The number of sulfonamides is 1. The third-order valence-electron chi connectivity index (χ3n) is 6.58. The van der Waals surface area contributed by atoms with Gasteiger partial charge in [-0.05, 0) is 66.4 Å². The van der Waals surface area contributed by atoms with E-state index in [-0.39, 0.29) is 17.0 Å². The van der Waals surface area contributed by atoms with Crippen molar-refractivity contribution in [1.29, 1.82) is 0 Å². The average molecular weight is 570 g/mol. The van der Waals surface area contributed by atoms with Gasteiger partial charge in [-0.3, -0.25) is 9.59 Å². The zero-order chi connectivity index (χ0) is 27.0.